The van der Waals surface area contributed by atoms with Gasteiger partial charge in [0.2, 0.25) is 0 Å². The molecular weight excluding hydrogens is 416 g/mol. The standard InChI is InChI=1S/C27H24N2O4/c1-18-10-11-21(17-23(18)28-27(31)24-9-6-16-33-24)26(30)29-25(19-7-4-3-5-8-19)20-12-14-22(32-2)15-13-20/h3-17,25H,1-2H3,(H,28,31)(H,29,30)/t25-/m1/s1. The lowest BCUT2D eigenvalue weighted by Gasteiger charge is -2.21. The zero-order valence-corrected chi connectivity index (χ0v) is 18.4. The van der Waals surface area contributed by atoms with Crippen molar-refractivity contribution in [3.8, 4) is 5.75 Å². The smallest absolute Gasteiger partial charge is 0.291 e. The first-order valence-corrected chi connectivity index (χ1v) is 10.5. The molecule has 0 bridgehead atoms. The number of methoxy groups -OCH3 is 1. The van der Waals surface area contributed by atoms with E-state index in [1.807, 2.05) is 61.5 Å². The third-order valence-electron chi connectivity index (χ3n) is 5.35. The number of ether oxygens (including phenoxy) is 1. The maximum atomic E-state index is 13.2. The topological polar surface area (TPSA) is 80.6 Å². The van der Waals surface area contributed by atoms with Crippen molar-refractivity contribution in [2.24, 2.45) is 0 Å². The number of benzene rings is 3. The maximum absolute atomic E-state index is 13.2. The minimum atomic E-state index is -0.374. The van der Waals surface area contributed by atoms with E-state index in [0.29, 0.717) is 11.3 Å². The number of hydrogen-bond acceptors (Lipinski definition) is 4. The van der Waals surface area contributed by atoms with Crippen molar-refractivity contribution in [1.29, 1.82) is 0 Å². The molecule has 0 spiro atoms. The molecule has 1 heterocycles. The Balaban J connectivity index is 1.59. The fourth-order valence-corrected chi connectivity index (χ4v) is 3.50. The number of carbonyl (C=O) groups excluding carboxylic acids is 2. The van der Waals surface area contributed by atoms with E-state index in [2.05, 4.69) is 10.6 Å². The molecule has 0 fully saturated rings. The van der Waals surface area contributed by atoms with E-state index < -0.39 is 0 Å². The fraction of sp³-hybridized carbons (Fsp3) is 0.111. The molecule has 166 valence electrons. The van der Waals surface area contributed by atoms with Gasteiger partial charge in [-0.3, -0.25) is 9.59 Å². The molecule has 2 amide bonds. The van der Waals surface area contributed by atoms with Crippen molar-refractivity contribution in [1.82, 2.24) is 5.32 Å². The van der Waals surface area contributed by atoms with Gasteiger partial charge in [-0.25, -0.2) is 0 Å². The van der Waals surface area contributed by atoms with Gasteiger partial charge >= 0.3 is 0 Å². The molecule has 6 heteroatoms. The normalized spacial score (nSPS) is 11.5. The number of hydrogen-bond donors (Lipinski definition) is 2. The van der Waals surface area contributed by atoms with Crippen LogP contribution in [-0.4, -0.2) is 18.9 Å². The van der Waals surface area contributed by atoms with Gasteiger partial charge in [-0.2, -0.15) is 0 Å². The van der Waals surface area contributed by atoms with Crippen molar-refractivity contribution >= 4 is 17.5 Å². The first-order chi connectivity index (χ1) is 16.0. The molecular formula is C27H24N2O4. The quantitative estimate of drug-likeness (QED) is 0.405. The summed E-state index contributed by atoms with van der Waals surface area (Å²) in [5.41, 5.74) is 3.69. The summed E-state index contributed by atoms with van der Waals surface area (Å²) in [6.45, 7) is 1.86. The number of carbonyl (C=O) groups is 2. The van der Waals surface area contributed by atoms with Crippen LogP contribution in [0.15, 0.2) is 95.6 Å². The Morgan fingerprint density at radius 1 is 0.848 bits per heavy atom. The number of nitrogens with one attached hydrogen (secondary N) is 2. The van der Waals surface area contributed by atoms with Gasteiger partial charge in [0.05, 0.1) is 19.4 Å². The van der Waals surface area contributed by atoms with Gasteiger partial charge in [-0.1, -0.05) is 48.5 Å². The largest absolute Gasteiger partial charge is 0.497 e. The lowest BCUT2D eigenvalue weighted by atomic mass is 9.98. The molecule has 6 nitrogen and oxygen atoms in total. The molecule has 1 aromatic heterocycles. The SMILES string of the molecule is COc1ccc([C@H](NC(=O)c2ccc(C)c(NC(=O)c3ccco3)c2)c2ccccc2)cc1. The average Bonchev–Trinajstić information content (AvgIpc) is 3.40. The van der Waals surface area contributed by atoms with Crippen LogP contribution in [0.1, 0.15) is 43.6 Å². The summed E-state index contributed by atoms with van der Waals surface area (Å²) in [5.74, 6) is 0.314. The Bertz CT molecular complexity index is 1230. The molecule has 0 radical (unpaired) electrons. The zero-order valence-electron chi connectivity index (χ0n) is 18.4. The average molecular weight is 440 g/mol. The summed E-state index contributed by atoms with van der Waals surface area (Å²) in [6, 6.07) is 25.4. The summed E-state index contributed by atoms with van der Waals surface area (Å²) in [5, 5.41) is 5.93. The molecule has 3 aromatic carbocycles. The number of furan rings is 1. The highest BCUT2D eigenvalue weighted by atomic mass is 16.5. The van der Waals surface area contributed by atoms with E-state index in [4.69, 9.17) is 9.15 Å². The summed E-state index contributed by atoms with van der Waals surface area (Å²) in [6.07, 6.45) is 1.44. The molecule has 2 N–H and O–H groups in total. The summed E-state index contributed by atoms with van der Waals surface area (Å²) in [7, 11) is 1.62. The highest BCUT2D eigenvalue weighted by molar-refractivity contribution is 6.04. The van der Waals surface area contributed by atoms with Gasteiger partial charge < -0.3 is 19.8 Å². The molecule has 0 aliphatic rings. The van der Waals surface area contributed by atoms with Crippen LogP contribution >= 0.6 is 0 Å². The lowest BCUT2D eigenvalue weighted by molar-refractivity contribution is 0.0941. The van der Waals surface area contributed by atoms with Gasteiger partial charge in [0.25, 0.3) is 11.8 Å². The lowest BCUT2D eigenvalue weighted by Crippen LogP contribution is -2.29. The van der Waals surface area contributed by atoms with E-state index in [-0.39, 0.29) is 23.6 Å². The Morgan fingerprint density at radius 2 is 1.58 bits per heavy atom. The van der Waals surface area contributed by atoms with Crippen LogP contribution in [0.4, 0.5) is 5.69 Å². The second kappa shape index (κ2) is 9.87. The van der Waals surface area contributed by atoms with Gasteiger partial charge in [-0.05, 0) is 60.0 Å². The molecule has 0 unspecified atom stereocenters. The predicted molar refractivity (Wildman–Crippen MR) is 127 cm³/mol. The van der Waals surface area contributed by atoms with Gasteiger partial charge in [0, 0.05) is 11.3 Å². The van der Waals surface area contributed by atoms with Crippen LogP contribution in [0.3, 0.4) is 0 Å². The van der Waals surface area contributed by atoms with Crippen molar-refractivity contribution < 1.29 is 18.7 Å². The third-order valence-corrected chi connectivity index (χ3v) is 5.35. The Labute approximate surface area is 192 Å². The summed E-state index contributed by atoms with van der Waals surface area (Å²) >= 11 is 0. The molecule has 4 aromatic rings. The molecule has 33 heavy (non-hydrogen) atoms. The van der Waals surface area contributed by atoms with Crippen LogP contribution in [-0.2, 0) is 0 Å². The second-order valence-corrected chi connectivity index (χ2v) is 7.55. The Kier molecular flexibility index (Phi) is 6.55. The number of aryl methyl sites for hydroxylation is 1. The van der Waals surface area contributed by atoms with Crippen LogP contribution in [0.25, 0.3) is 0 Å². The number of rotatable bonds is 7. The number of amides is 2. The minimum Gasteiger partial charge on any atom is -0.497 e. The van der Waals surface area contributed by atoms with Crippen molar-refractivity contribution in [2.75, 3.05) is 12.4 Å². The molecule has 1 atom stereocenters. The highest BCUT2D eigenvalue weighted by Gasteiger charge is 2.19. The highest BCUT2D eigenvalue weighted by Crippen LogP contribution is 2.25. The van der Waals surface area contributed by atoms with Crippen LogP contribution < -0.4 is 15.4 Å². The molecule has 4 rings (SSSR count). The third kappa shape index (κ3) is 5.13. The summed E-state index contributed by atoms with van der Waals surface area (Å²) < 4.78 is 10.4. The first-order valence-electron chi connectivity index (χ1n) is 10.5. The van der Waals surface area contributed by atoms with Crippen molar-refractivity contribution in [2.45, 2.75) is 13.0 Å². The number of anilines is 1. The molecule has 0 saturated carbocycles. The predicted octanol–water partition coefficient (Wildman–Crippen LogP) is 5.37. The minimum absolute atomic E-state index is 0.202. The van der Waals surface area contributed by atoms with Gasteiger partial charge in [0.1, 0.15) is 5.75 Å². The van der Waals surface area contributed by atoms with Crippen LogP contribution in [0.5, 0.6) is 5.75 Å². The summed E-state index contributed by atoms with van der Waals surface area (Å²) in [4.78, 5) is 25.6. The van der Waals surface area contributed by atoms with Gasteiger partial charge in [-0.15, -0.1) is 0 Å². The van der Waals surface area contributed by atoms with Gasteiger partial charge in [0.15, 0.2) is 5.76 Å². The van der Waals surface area contributed by atoms with E-state index in [1.54, 1.807) is 37.4 Å². The maximum Gasteiger partial charge on any atom is 0.291 e. The Hall–Kier alpha value is -4.32. The fourth-order valence-electron chi connectivity index (χ4n) is 3.50. The van der Waals surface area contributed by atoms with Crippen molar-refractivity contribution in [3.05, 3.63) is 119 Å². The van der Waals surface area contributed by atoms with E-state index in [1.165, 1.54) is 6.26 Å². The van der Waals surface area contributed by atoms with E-state index in [0.717, 1.165) is 22.4 Å². The first kappa shape index (κ1) is 21.9. The van der Waals surface area contributed by atoms with E-state index >= 15 is 0 Å². The zero-order chi connectivity index (χ0) is 23.2. The second-order valence-electron chi connectivity index (χ2n) is 7.55. The molecule has 0 aliphatic heterocycles. The Morgan fingerprint density at radius 3 is 2.24 bits per heavy atom. The molecule has 0 saturated heterocycles. The van der Waals surface area contributed by atoms with Crippen LogP contribution in [0.2, 0.25) is 0 Å². The van der Waals surface area contributed by atoms with Crippen LogP contribution in [0, 0.1) is 6.92 Å². The van der Waals surface area contributed by atoms with E-state index in [9.17, 15) is 9.59 Å². The monoisotopic (exact) mass is 440 g/mol. The van der Waals surface area contributed by atoms with Crippen molar-refractivity contribution in [3.63, 3.8) is 0 Å². The molecule has 0 aliphatic carbocycles.